The van der Waals surface area contributed by atoms with Crippen molar-refractivity contribution in [3.63, 3.8) is 0 Å². The van der Waals surface area contributed by atoms with Crippen molar-refractivity contribution in [1.29, 1.82) is 0 Å². The van der Waals surface area contributed by atoms with E-state index in [-0.39, 0.29) is 12.1 Å². The van der Waals surface area contributed by atoms with Gasteiger partial charge >= 0.3 is 6.03 Å². The van der Waals surface area contributed by atoms with Gasteiger partial charge in [0, 0.05) is 49.7 Å². The average molecular weight is 359 g/mol. The van der Waals surface area contributed by atoms with Gasteiger partial charge in [0.2, 0.25) is 5.13 Å². The number of fused-ring (bicyclic) bond motifs is 1. The number of aromatic nitrogens is 2. The van der Waals surface area contributed by atoms with Crippen LogP contribution in [0.5, 0.6) is 5.75 Å². The molecule has 0 bridgehead atoms. The lowest BCUT2D eigenvalue weighted by atomic mass is 10.1. The maximum Gasteiger partial charge on any atom is 0.318 e. The number of hydrogen-bond donors (Lipinski definition) is 1. The highest BCUT2D eigenvalue weighted by Gasteiger charge is 2.29. The number of nitrogens with zero attached hydrogens (tertiary/aromatic N) is 4. The van der Waals surface area contributed by atoms with Crippen molar-refractivity contribution >= 4 is 22.7 Å². The summed E-state index contributed by atoms with van der Waals surface area (Å²) < 4.78 is 9.97. The average Bonchev–Trinajstić information content (AvgIpc) is 3.29. The maximum absolute atomic E-state index is 12.6. The topological polar surface area (TPSA) is 70.6 Å². The van der Waals surface area contributed by atoms with Crippen molar-refractivity contribution in [2.75, 3.05) is 37.7 Å². The predicted octanol–water partition coefficient (Wildman–Crippen LogP) is 2.07. The number of carbonyl (C=O) groups excluding carboxylic acids is 1. The molecule has 0 spiro atoms. The summed E-state index contributed by atoms with van der Waals surface area (Å²) in [4.78, 5) is 21.2. The first kappa shape index (κ1) is 16.1. The smallest absolute Gasteiger partial charge is 0.318 e. The van der Waals surface area contributed by atoms with Crippen molar-refractivity contribution < 1.29 is 9.53 Å². The Hall–Kier alpha value is -2.35. The third-order valence-electron chi connectivity index (χ3n) is 4.61. The standard InChI is InChI=1S/C17H21N5O2S/c1-2-15-19-17(25-20-15)22-9-7-21(8-10-22)16(23)18-13-11-24-14-6-4-3-5-12(13)14/h3-6,13H,2,7-11H2,1H3,(H,18,23). The number of nitrogens with one attached hydrogen (secondary N) is 1. The molecule has 0 radical (unpaired) electrons. The fourth-order valence-electron chi connectivity index (χ4n) is 3.14. The van der Waals surface area contributed by atoms with Crippen LogP contribution in [0.25, 0.3) is 0 Å². The summed E-state index contributed by atoms with van der Waals surface area (Å²) >= 11 is 1.44. The number of rotatable bonds is 3. The van der Waals surface area contributed by atoms with Gasteiger partial charge in [-0.25, -0.2) is 9.78 Å². The summed E-state index contributed by atoms with van der Waals surface area (Å²) in [5.41, 5.74) is 1.05. The van der Waals surface area contributed by atoms with Gasteiger partial charge in [0.05, 0.1) is 6.04 Å². The zero-order valence-corrected chi connectivity index (χ0v) is 15.0. The van der Waals surface area contributed by atoms with Crippen LogP contribution in [0.1, 0.15) is 24.4 Å². The van der Waals surface area contributed by atoms with E-state index in [1.54, 1.807) is 0 Å². The van der Waals surface area contributed by atoms with Gasteiger partial charge < -0.3 is 19.9 Å². The van der Waals surface area contributed by atoms with Gasteiger partial charge in [-0.05, 0) is 6.07 Å². The molecule has 25 heavy (non-hydrogen) atoms. The van der Waals surface area contributed by atoms with Gasteiger partial charge in [-0.15, -0.1) is 0 Å². The monoisotopic (exact) mass is 359 g/mol. The molecule has 1 fully saturated rings. The lowest BCUT2D eigenvalue weighted by Gasteiger charge is -2.34. The molecule has 1 N–H and O–H groups in total. The summed E-state index contributed by atoms with van der Waals surface area (Å²) in [6, 6.07) is 7.75. The highest BCUT2D eigenvalue weighted by atomic mass is 32.1. The summed E-state index contributed by atoms with van der Waals surface area (Å²) in [5, 5.41) is 4.04. The Labute approximate surface area is 150 Å². The van der Waals surface area contributed by atoms with E-state index in [4.69, 9.17) is 4.74 Å². The summed E-state index contributed by atoms with van der Waals surface area (Å²) in [7, 11) is 0. The van der Waals surface area contributed by atoms with Crippen LogP contribution >= 0.6 is 11.5 Å². The first-order valence-electron chi connectivity index (χ1n) is 8.59. The largest absolute Gasteiger partial charge is 0.491 e. The van der Waals surface area contributed by atoms with Gasteiger partial charge in [-0.1, -0.05) is 25.1 Å². The highest BCUT2D eigenvalue weighted by Crippen LogP contribution is 2.31. The van der Waals surface area contributed by atoms with E-state index < -0.39 is 0 Å². The van der Waals surface area contributed by atoms with Crippen LogP contribution in [0.15, 0.2) is 24.3 Å². The number of benzene rings is 1. The van der Waals surface area contributed by atoms with Crippen LogP contribution < -0.4 is 15.0 Å². The van der Waals surface area contributed by atoms with E-state index >= 15 is 0 Å². The van der Waals surface area contributed by atoms with Gasteiger partial charge in [0.25, 0.3) is 0 Å². The zero-order chi connectivity index (χ0) is 17.2. The Balaban J connectivity index is 1.33. The number of aryl methyl sites for hydroxylation is 1. The van der Waals surface area contributed by atoms with Crippen LogP contribution in [0.4, 0.5) is 9.93 Å². The molecular weight excluding hydrogens is 338 g/mol. The number of anilines is 1. The molecule has 2 aromatic rings. The van der Waals surface area contributed by atoms with Crippen molar-refractivity contribution in [2.24, 2.45) is 0 Å². The van der Waals surface area contributed by atoms with E-state index in [2.05, 4.69) is 26.5 Å². The third kappa shape index (κ3) is 3.26. The molecule has 0 saturated carbocycles. The minimum absolute atomic E-state index is 0.0311. The summed E-state index contributed by atoms with van der Waals surface area (Å²) in [5.74, 6) is 1.75. The Morgan fingerprint density at radius 1 is 1.32 bits per heavy atom. The highest BCUT2D eigenvalue weighted by molar-refractivity contribution is 7.09. The lowest BCUT2D eigenvalue weighted by molar-refractivity contribution is 0.187. The first-order chi connectivity index (χ1) is 12.2. The second-order valence-corrected chi connectivity index (χ2v) is 6.90. The third-order valence-corrected chi connectivity index (χ3v) is 5.42. The normalized spacial score (nSPS) is 19.5. The Morgan fingerprint density at radius 2 is 2.12 bits per heavy atom. The van der Waals surface area contributed by atoms with E-state index in [9.17, 15) is 4.79 Å². The van der Waals surface area contributed by atoms with Crippen LogP contribution in [0, 0.1) is 0 Å². The van der Waals surface area contributed by atoms with Crippen molar-refractivity contribution in [2.45, 2.75) is 19.4 Å². The molecule has 0 aliphatic carbocycles. The molecule has 7 nitrogen and oxygen atoms in total. The van der Waals surface area contributed by atoms with Gasteiger partial charge in [-0.2, -0.15) is 4.37 Å². The van der Waals surface area contributed by atoms with Crippen LogP contribution in [0.3, 0.4) is 0 Å². The number of ether oxygens (including phenoxy) is 1. The molecule has 4 rings (SSSR count). The number of hydrogen-bond acceptors (Lipinski definition) is 6. The van der Waals surface area contributed by atoms with Gasteiger partial charge in [0.15, 0.2) is 0 Å². The summed E-state index contributed by atoms with van der Waals surface area (Å²) in [6.45, 7) is 5.48. The molecule has 2 amide bonds. The molecule has 1 saturated heterocycles. The van der Waals surface area contributed by atoms with Crippen molar-refractivity contribution in [3.05, 3.63) is 35.7 Å². The second-order valence-electron chi connectivity index (χ2n) is 6.17. The van der Waals surface area contributed by atoms with E-state index in [0.29, 0.717) is 19.7 Å². The molecule has 1 aromatic carbocycles. The van der Waals surface area contributed by atoms with Crippen LogP contribution in [-0.2, 0) is 6.42 Å². The van der Waals surface area contributed by atoms with Crippen molar-refractivity contribution in [3.8, 4) is 5.75 Å². The molecule has 1 atom stereocenters. The number of carbonyl (C=O) groups is 1. The number of amides is 2. The first-order valence-corrected chi connectivity index (χ1v) is 9.36. The second kappa shape index (κ2) is 6.87. The molecule has 2 aliphatic rings. The minimum atomic E-state index is -0.0722. The minimum Gasteiger partial charge on any atom is -0.491 e. The van der Waals surface area contributed by atoms with Crippen LogP contribution in [-0.4, -0.2) is 53.1 Å². The number of piperazine rings is 1. The summed E-state index contributed by atoms with van der Waals surface area (Å²) in [6.07, 6.45) is 0.851. The zero-order valence-electron chi connectivity index (χ0n) is 14.1. The van der Waals surface area contributed by atoms with Crippen LogP contribution in [0.2, 0.25) is 0 Å². The van der Waals surface area contributed by atoms with E-state index in [0.717, 1.165) is 41.8 Å². The molecular formula is C17H21N5O2S. The number of urea groups is 1. The molecule has 8 heteroatoms. The predicted molar refractivity (Wildman–Crippen MR) is 96.3 cm³/mol. The SMILES string of the molecule is CCc1nsc(N2CCN(C(=O)NC3COc4ccccc43)CC2)n1. The molecule has 2 aliphatic heterocycles. The quantitative estimate of drug-likeness (QED) is 0.908. The Kier molecular flexibility index (Phi) is 4.44. The molecule has 1 aromatic heterocycles. The van der Waals surface area contributed by atoms with Gasteiger partial charge in [-0.3, -0.25) is 0 Å². The molecule has 1 unspecified atom stereocenters. The Bertz CT molecular complexity index is 757. The molecule has 132 valence electrons. The number of para-hydroxylation sites is 1. The van der Waals surface area contributed by atoms with Crippen molar-refractivity contribution in [1.82, 2.24) is 19.6 Å². The van der Waals surface area contributed by atoms with Gasteiger partial charge in [0.1, 0.15) is 18.2 Å². The van der Waals surface area contributed by atoms with E-state index in [1.807, 2.05) is 29.2 Å². The molecule has 3 heterocycles. The van der Waals surface area contributed by atoms with E-state index in [1.165, 1.54) is 11.5 Å². The lowest BCUT2D eigenvalue weighted by Crippen LogP contribution is -2.52. The maximum atomic E-state index is 12.6. The Morgan fingerprint density at radius 3 is 2.88 bits per heavy atom. The fraction of sp³-hybridized carbons (Fsp3) is 0.471. The fourth-order valence-corrected chi connectivity index (χ4v) is 3.94.